The molecule has 0 unspecified atom stereocenters. The van der Waals surface area contributed by atoms with E-state index in [-0.39, 0.29) is 11.8 Å². The number of aryl methyl sites for hydroxylation is 2. The van der Waals surface area contributed by atoms with E-state index in [1.54, 1.807) is 4.90 Å². The lowest BCUT2D eigenvalue weighted by molar-refractivity contribution is -0.141. The molecule has 4 nitrogen and oxygen atoms in total. The van der Waals surface area contributed by atoms with Gasteiger partial charge in [0.25, 0.3) is 0 Å². The number of hydrogen-bond acceptors (Lipinski definition) is 2. The van der Waals surface area contributed by atoms with E-state index in [9.17, 15) is 9.59 Å². The van der Waals surface area contributed by atoms with Crippen molar-refractivity contribution >= 4 is 11.8 Å². The van der Waals surface area contributed by atoms with Crippen molar-refractivity contribution in [1.29, 1.82) is 0 Å². The van der Waals surface area contributed by atoms with Crippen LogP contribution in [-0.2, 0) is 35.4 Å². The third kappa shape index (κ3) is 8.40. The van der Waals surface area contributed by atoms with Gasteiger partial charge in [0.1, 0.15) is 6.04 Å². The molecule has 0 aliphatic rings. The molecule has 0 saturated carbocycles. The molecule has 4 heteroatoms. The van der Waals surface area contributed by atoms with Crippen LogP contribution in [0.15, 0.2) is 84.9 Å². The molecular formula is C31H38N2O2. The van der Waals surface area contributed by atoms with Crippen LogP contribution in [0.25, 0.3) is 0 Å². The maximum absolute atomic E-state index is 13.7. The molecule has 0 aliphatic heterocycles. The molecule has 0 heterocycles. The van der Waals surface area contributed by atoms with Crippen molar-refractivity contribution in [2.45, 2.75) is 65.0 Å². The Labute approximate surface area is 210 Å². The van der Waals surface area contributed by atoms with E-state index in [0.29, 0.717) is 32.4 Å². The molecule has 35 heavy (non-hydrogen) atoms. The first-order chi connectivity index (χ1) is 17.1. The predicted molar refractivity (Wildman–Crippen MR) is 143 cm³/mol. The van der Waals surface area contributed by atoms with E-state index >= 15 is 0 Å². The molecule has 184 valence electrons. The predicted octanol–water partition coefficient (Wildman–Crippen LogP) is 5.74. The molecule has 0 aromatic heterocycles. The maximum atomic E-state index is 13.7. The van der Waals surface area contributed by atoms with Crippen molar-refractivity contribution in [1.82, 2.24) is 10.2 Å². The summed E-state index contributed by atoms with van der Waals surface area (Å²) in [5, 5.41) is 3.08. The van der Waals surface area contributed by atoms with Crippen molar-refractivity contribution in [3.63, 3.8) is 0 Å². The van der Waals surface area contributed by atoms with E-state index in [1.165, 1.54) is 5.56 Å². The highest BCUT2D eigenvalue weighted by atomic mass is 16.2. The highest BCUT2D eigenvalue weighted by molar-refractivity contribution is 5.88. The van der Waals surface area contributed by atoms with Gasteiger partial charge in [0.2, 0.25) is 11.8 Å². The number of unbranched alkanes of at least 4 members (excludes halogenated alkanes) is 1. The summed E-state index contributed by atoms with van der Waals surface area (Å²) >= 11 is 0. The topological polar surface area (TPSA) is 49.4 Å². The van der Waals surface area contributed by atoms with Crippen LogP contribution in [0.1, 0.15) is 55.4 Å². The second kappa shape index (κ2) is 14.1. The molecule has 0 fully saturated rings. The molecule has 1 atom stereocenters. The standard InChI is InChI=1S/C31H38N2O2/c1-3-5-22-32-31(35)29(23-27-12-8-6-9-13-27)33(24-28-14-10-7-11-15-28)30(34)21-20-26-18-16-25(4-2)17-19-26/h6-19,29H,3-5,20-24H2,1-2H3,(H,32,35)/t29-/m1/s1. The summed E-state index contributed by atoms with van der Waals surface area (Å²) < 4.78 is 0. The summed E-state index contributed by atoms with van der Waals surface area (Å²) in [6, 6.07) is 27.8. The van der Waals surface area contributed by atoms with Crippen LogP contribution < -0.4 is 5.32 Å². The molecule has 3 aromatic rings. The fourth-order valence-corrected chi connectivity index (χ4v) is 4.18. The van der Waals surface area contributed by atoms with Crippen molar-refractivity contribution < 1.29 is 9.59 Å². The zero-order valence-electron chi connectivity index (χ0n) is 21.1. The molecule has 0 radical (unpaired) electrons. The van der Waals surface area contributed by atoms with Crippen LogP contribution in [0.5, 0.6) is 0 Å². The van der Waals surface area contributed by atoms with Crippen LogP contribution in [0.4, 0.5) is 0 Å². The number of benzene rings is 3. The third-order valence-electron chi connectivity index (χ3n) is 6.36. The fourth-order valence-electron chi connectivity index (χ4n) is 4.18. The van der Waals surface area contributed by atoms with Crippen molar-refractivity contribution in [2.24, 2.45) is 0 Å². The van der Waals surface area contributed by atoms with Gasteiger partial charge in [-0.2, -0.15) is 0 Å². The molecule has 1 N–H and O–H groups in total. The van der Waals surface area contributed by atoms with Crippen molar-refractivity contribution in [3.05, 3.63) is 107 Å². The Morgan fingerprint density at radius 1 is 0.771 bits per heavy atom. The van der Waals surface area contributed by atoms with E-state index in [0.717, 1.165) is 36.0 Å². The lowest BCUT2D eigenvalue weighted by atomic mass is 10.0. The Morgan fingerprint density at radius 3 is 1.97 bits per heavy atom. The Bertz CT molecular complexity index is 1030. The summed E-state index contributed by atoms with van der Waals surface area (Å²) in [4.78, 5) is 28.8. The fraction of sp³-hybridized carbons (Fsp3) is 0.355. The third-order valence-corrected chi connectivity index (χ3v) is 6.36. The zero-order chi connectivity index (χ0) is 24.9. The molecule has 0 bridgehead atoms. The first-order valence-corrected chi connectivity index (χ1v) is 12.8. The average Bonchev–Trinajstić information content (AvgIpc) is 2.90. The van der Waals surface area contributed by atoms with Crippen LogP contribution >= 0.6 is 0 Å². The Morgan fingerprint density at radius 2 is 1.37 bits per heavy atom. The van der Waals surface area contributed by atoms with Crippen molar-refractivity contribution in [2.75, 3.05) is 6.54 Å². The molecule has 0 saturated heterocycles. The molecule has 0 aliphatic carbocycles. The minimum atomic E-state index is -0.565. The van der Waals surface area contributed by atoms with Crippen LogP contribution in [0.2, 0.25) is 0 Å². The van der Waals surface area contributed by atoms with E-state index < -0.39 is 6.04 Å². The van der Waals surface area contributed by atoms with Gasteiger partial charge in [-0.05, 0) is 41.5 Å². The molecule has 0 spiro atoms. The van der Waals surface area contributed by atoms with Gasteiger partial charge in [-0.25, -0.2) is 0 Å². The van der Waals surface area contributed by atoms with Gasteiger partial charge in [-0.15, -0.1) is 0 Å². The number of carbonyl (C=O) groups is 2. The molecule has 2 amide bonds. The minimum Gasteiger partial charge on any atom is -0.354 e. The highest BCUT2D eigenvalue weighted by Gasteiger charge is 2.30. The molecule has 3 aromatic carbocycles. The quantitative estimate of drug-likeness (QED) is 0.324. The average molecular weight is 471 g/mol. The maximum Gasteiger partial charge on any atom is 0.243 e. The second-order valence-electron chi connectivity index (χ2n) is 9.03. The van der Waals surface area contributed by atoms with Gasteiger partial charge < -0.3 is 10.2 Å². The summed E-state index contributed by atoms with van der Waals surface area (Å²) in [6.07, 6.45) is 4.44. The van der Waals surface area contributed by atoms with E-state index in [4.69, 9.17) is 0 Å². The Balaban J connectivity index is 1.83. The molecular weight excluding hydrogens is 432 g/mol. The number of amides is 2. The number of carbonyl (C=O) groups excluding carboxylic acids is 2. The first-order valence-electron chi connectivity index (χ1n) is 12.8. The first kappa shape index (κ1) is 26.2. The number of hydrogen-bond donors (Lipinski definition) is 1. The lowest BCUT2D eigenvalue weighted by Crippen LogP contribution is -2.50. The van der Waals surface area contributed by atoms with Crippen molar-refractivity contribution in [3.8, 4) is 0 Å². The van der Waals surface area contributed by atoms with Crippen LogP contribution in [0.3, 0.4) is 0 Å². The van der Waals surface area contributed by atoms with Gasteiger partial charge in [0, 0.05) is 25.9 Å². The summed E-state index contributed by atoms with van der Waals surface area (Å²) in [6.45, 7) is 5.27. The van der Waals surface area contributed by atoms with E-state index in [1.807, 2.05) is 60.7 Å². The Kier molecular flexibility index (Phi) is 10.6. The van der Waals surface area contributed by atoms with Gasteiger partial charge >= 0.3 is 0 Å². The number of nitrogens with zero attached hydrogens (tertiary/aromatic N) is 1. The zero-order valence-corrected chi connectivity index (χ0v) is 21.1. The van der Waals surface area contributed by atoms with Gasteiger partial charge in [0.15, 0.2) is 0 Å². The number of rotatable bonds is 13. The van der Waals surface area contributed by atoms with Crippen LogP contribution in [-0.4, -0.2) is 29.3 Å². The second-order valence-corrected chi connectivity index (χ2v) is 9.03. The van der Waals surface area contributed by atoms with Gasteiger partial charge in [0.05, 0.1) is 0 Å². The summed E-state index contributed by atoms with van der Waals surface area (Å²) in [5.41, 5.74) is 4.50. The molecule has 3 rings (SSSR count). The summed E-state index contributed by atoms with van der Waals surface area (Å²) in [5.74, 6) is -0.0844. The smallest absolute Gasteiger partial charge is 0.243 e. The lowest BCUT2D eigenvalue weighted by Gasteiger charge is -2.31. The normalized spacial score (nSPS) is 11.6. The largest absolute Gasteiger partial charge is 0.354 e. The van der Waals surface area contributed by atoms with Gasteiger partial charge in [-0.1, -0.05) is 105 Å². The highest BCUT2D eigenvalue weighted by Crippen LogP contribution is 2.17. The van der Waals surface area contributed by atoms with Crippen LogP contribution in [0, 0.1) is 0 Å². The monoisotopic (exact) mass is 470 g/mol. The summed E-state index contributed by atoms with van der Waals surface area (Å²) in [7, 11) is 0. The van der Waals surface area contributed by atoms with Gasteiger partial charge in [-0.3, -0.25) is 9.59 Å². The minimum absolute atomic E-state index is 0.00000577. The van der Waals surface area contributed by atoms with E-state index in [2.05, 4.69) is 43.4 Å². The Hall–Kier alpha value is -3.40. The number of nitrogens with one attached hydrogen (secondary N) is 1. The SMILES string of the molecule is CCCCNC(=O)[C@@H](Cc1ccccc1)N(Cc1ccccc1)C(=O)CCc1ccc(CC)cc1.